The number of nitrogens with one attached hydrogen (secondary N) is 1. The third kappa shape index (κ3) is 2.97. The molecule has 98 valence electrons. The van der Waals surface area contributed by atoms with E-state index in [1.165, 1.54) is 0 Å². The summed E-state index contributed by atoms with van der Waals surface area (Å²) in [6.45, 7) is 5.34. The Bertz CT molecular complexity index is 534. The predicted octanol–water partition coefficient (Wildman–Crippen LogP) is 1.51. The molecule has 2 heterocycles. The van der Waals surface area contributed by atoms with Gasteiger partial charge >= 0.3 is 0 Å². The zero-order chi connectivity index (χ0) is 13.1. The molecule has 2 aromatic heterocycles. The molecule has 7 heteroatoms. The lowest BCUT2D eigenvalue weighted by atomic mass is 10.3. The van der Waals surface area contributed by atoms with Crippen molar-refractivity contribution >= 4 is 15.9 Å². The molecule has 0 amide bonds. The van der Waals surface area contributed by atoms with Crippen LogP contribution in [0.3, 0.4) is 0 Å². The van der Waals surface area contributed by atoms with Gasteiger partial charge in [-0.05, 0) is 29.8 Å². The molecule has 18 heavy (non-hydrogen) atoms. The molecule has 0 bridgehead atoms. The minimum Gasteiger partial charge on any atom is -0.339 e. The van der Waals surface area contributed by atoms with Crippen LogP contribution in [0.4, 0.5) is 0 Å². The molecule has 6 nitrogen and oxygen atoms in total. The minimum atomic E-state index is 0.667. The van der Waals surface area contributed by atoms with Crippen molar-refractivity contribution in [2.75, 3.05) is 6.54 Å². The topological polar surface area (TPSA) is 68.8 Å². The summed E-state index contributed by atoms with van der Waals surface area (Å²) in [6.07, 6.45) is 0.731. The lowest BCUT2D eigenvalue weighted by Crippen LogP contribution is -2.19. The molecule has 0 saturated carbocycles. The van der Waals surface area contributed by atoms with Crippen molar-refractivity contribution in [2.45, 2.75) is 26.8 Å². The van der Waals surface area contributed by atoms with Crippen molar-refractivity contribution in [2.24, 2.45) is 7.05 Å². The Labute approximate surface area is 114 Å². The lowest BCUT2D eigenvalue weighted by molar-refractivity contribution is 0.372. The fourth-order valence-electron chi connectivity index (χ4n) is 1.72. The van der Waals surface area contributed by atoms with E-state index in [-0.39, 0.29) is 0 Å². The van der Waals surface area contributed by atoms with Crippen molar-refractivity contribution in [1.29, 1.82) is 0 Å². The van der Waals surface area contributed by atoms with Crippen molar-refractivity contribution in [1.82, 2.24) is 25.2 Å². The van der Waals surface area contributed by atoms with E-state index in [0.717, 1.165) is 35.4 Å². The Hall–Kier alpha value is -1.21. The second-order valence-electron chi connectivity index (χ2n) is 4.13. The summed E-state index contributed by atoms with van der Waals surface area (Å²) in [6, 6.07) is 0. The SMILES string of the molecule is Cc1noc(CCNCc2c(Br)c(C)nn2C)n1. The van der Waals surface area contributed by atoms with Crippen LogP contribution < -0.4 is 5.32 Å². The average Bonchev–Trinajstić information content (AvgIpc) is 2.82. The Balaban J connectivity index is 1.82. The molecule has 0 aromatic carbocycles. The van der Waals surface area contributed by atoms with Gasteiger partial charge in [0.05, 0.1) is 15.9 Å². The van der Waals surface area contributed by atoms with Gasteiger partial charge in [-0.25, -0.2) is 0 Å². The van der Waals surface area contributed by atoms with Crippen molar-refractivity contribution in [3.63, 3.8) is 0 Å². The molecule has 0 fully saturated rings. The van der Waals surface area contributed by atoms with E-state index >= 15 is 0 Å². The zero-order valence-corrected chi connectivity index (χ0v) is 12.3. The quantitative estimate of drug-likeness (QED) is 0.847. The van der Waals surface area contributed by atoms with E-state index in [1.807, 2.05) is 25.6 Å². The number of rotatable bonds is 5. The molecule has 2 rings (SSSR count). The van der Waals surface area contributed by atoms with Crippen LogP contribution in [0.5, 0.6) is 0 Å². The van der Waals surface area contributed by atoms with Crippen molar-refractivity contribution < 1.29 is 4.52 Å². The second kappa shape index (κ2) is 5.62. The maximum Gasteiger partial charge on any atom is 0.227 e. The first-order chi connectivity index (χ1) is 8.58. The van der Waals surface area contributed by atoms with Crippen LogP contribution in [-0.4, -0.2) is 26.5 Å². The highest BCUT2D eigenvalue weighted by Gasteiger charge is 2.10. The van der Waals surface area contributed by atoms with E-state index in [2.05, 4.69) is 36.5 Å². The standard InChI is InChI=1S/C11H16BrN5O/c1-7-11(12)9(17(3)15-7)6-13-5-4-10-14-8(2)16-18-10/h13H,4-6H2,1-3H3. The van der Waals surface area contributed by atoms with Gasteiger partial charge in [-0.15, -0.1) is 0 Å². The van der Waals surface area contributed by atoms with Gasteiger partial charge < -0.3 is 9.84 Å². The molecular weight excluding hydrogens is 298 g/mol. The molecular formula is C11H16BrN5O. The fourth-order valence-corrected chi connectivity index (χ4v) is 2.19. The zero-order valence-electron chi connectivity index (χ0n) is 10.7. The monoisotopic (exact) mass is 313 g/mol. The smallest absolute Gasteiger partial charge is 0.227 e. The molecule has 0 atom stereocenters. The minimum absolute atomic E-state index is 0.667. The van der Waals surface area contributed by atoms with E-state index in [0.29, 0.717) is 11.7 Å². The van der Waals surface area contributed by atoms with Crippen LogP contribution in [-0.2, 0) is 20.0 Å². The Morgan fingerprint density at radius 3 is 2.72 bits per heavy atom. The van der Waals surface area contributed by atoms with Gasteiger partial charge in [-0.2, -0.15) is 10.1 Å². The van der Waals surface area contributed by atoms with Crippen LogP contribution in [0.25, 0.3) is 0 Å². The van der Waals surface area contributed by atoms with Gasteiger partial charge in [0.2, 0.25) is 5.89 Å². The van der Waals surface area contributed by atoms with Gasteiger partial charge in [0.1, 0.15) is 0 Å². The van der Waals surface area contributed by atoms with Crippen LogP contribution >= 0.6 is 15.9 Å². The van der Waals surface area contributed by atoms with E-state index in [4.69, 9.17) is 4.52 Å². The third-order valence-electron chi connectivity index (χ3n) is 2.64. The predicted molar refractivity (Wildman–Crippen MR) is 70.1 cm³/mol. The maximum absolute atomic E-state index is 5.04. The summed E-state index contributed by atoms with van der Waals surface area (Å²) in [7, 11) is 1.94. The first-order valence-electron chi connectivity index (χ1n) is 5.76. The van der Waals surface area contributed by atoms with E-state index in [1.54, 1.807) is 0 Å². The van der Waals surface area contributed by atoms with Crippen LogP contribution in [0.1, 0.15) is 23.1 Å². The van der Waals surface area contributed by atoms with Crippen molar-refractivity contribution in [3.8, 4) is 0 Å². The van der Waals surface area contributed by atoms with Gasteiger partial charge in [0.15, 0.2) is 5.82 Å². The Morgan fingerprint density at radius 2 is 2.17 bits per heavy atom. The number of hydrogen-bond donors (Lipinski definition) is 1. The first kappa shape index (κ1) is 13.2. The van der Waals surface area contributed by atoms with E-state index < -0.39 is 0 Å². The maximum atomic E-state index is 5.04. The Kier molecular flexibility index (Phi) is 4.13. The number of nitrogens with zero attached hydrogens (tertiary/aromatic N) is 4. The summed E-state index contributed by atoms with van der Waals surface area (Å²) in [5.41, 5.74) is 2.14. The molecule has 0 saturated heterocycles. The molecule has 0 aliphatic carbocycles. The highest BCUT2D eigenvalue weighted by molar-refractivity contribution is 9.10. The van der Waals surface area contributed by atoms with Crippen LogP contribution in [0.15, 0.2) is 9.00 Å². The number of aryl methyl sites for hydroxylation is 3. The highest BCUT2D eigenvalue weighted by Crippen LogP contribution is 2.19. The highest BCUT2D eigenvalue weighted by atomic mass is 79.9. The average molecular weight is 314 g/mol. The van der Waals surface area contributed by atoms with Gasteiger partial charge in [0.25, 0.3) is 0 Å². The second-order valence-corrected chi connectivity index (χ2v) is 4.92. The lowest BCUT2D eigenvalue weighted by Gasteiger charge is -2.04. The first-order valence-corrected chi connectivity index (χ1v) is 6.55. The normalized spacial score (nSPS) is 11.1. The molecule has 2 aromatic rings. The van der Waals surface area contributed by atoms with Crippen LogP contribution in [0.2, 0.25) is 0 Å². The molecule has 0 aliphatic heterocycles. The van der Waals surface area contributed by atoms with E-state index in [9.17, 15) is 0 Å². The summed E-state index contributed by atoms with van der Waals surface area (Å²) in [4.78, 5) is 4.15. The number of aromatic nitrogens is 4. The molecule has 0 radical (unpaired) electrons. The summed E-state index contributed by atoms with van der Waals surface area (Å²) in [5, 5.41) is 11.4. The van der Waals surface area contributed by atoms with Crippen LogP contribution in [0, 0.1) is 13.8 Å². The van der Waals surface area contributed by atoms with Gasteiger partial charge in [0, 0.05) is 26.6 Å². The summed E-state index contributed by atoms with van der Waals surface area (Å²) in [5.74, 6) is 1.34. The van der Waals surface area contributed by atoms with Gasteiger partial charge in [-0.1, -0.05) is 5.16 Å². The molecule has 0 aliphatic rings. The largest absolute Gasteiger partial charge is 0.339 e. The Morgan fingerprint density at radius 1 is 1.39 bits per heavy atom. The molecule has 0 unspecified atom stereocenters. The number of hydrogen-bond acceptors (Lipinski definition) is 5. The van der Waals surface area contributed by atoms with Gasteiger partial charge in [-0.3, -0.25) is 4.68 Å². The summed E-state index contributed by atoms with van der Waals surface area (Å²) >= 11 is 3.54. The molecule has 1 N–H and O–H groups in total. The molecule has 0 spiro atoms. The third-order valence-corrected chi connectivity index (χ3v) is 3.67. The number of halogens is 1. The fraction of sp³-hybridized carbons (Fsp3) is 0.545. The van der Waals surface area contributed by atoms with Crippen molar-refractivity contribution in [3.05, 3.63) is 27.6 Å². The summed E-state index contributed by atoms with van der Waals surface area (Å²) < 4.78 is 7.98.